The topological polar surface area (TPSA) is 178 Å². The molecule has 0 radical (unpaired) electrons. The van der Waals surface area contributed by atoms with E-state index >= 15 is 0 Å². The molecule has 1 aliphatic heterocycles. The van der Waals surface area contributed by atoms with E-state index in [1.54, 1.807) is 0 Å². The van der Waals surface area contributed by atoms with Crippen molar-refractivity contribution in [1.29, 1.82) is 0 Å². The van der Waals surface area contributed by atoms with Gasteiger partial charge in [0, 0.05) is 13.0 Å². The monoisotopic (exact) mass is 957 g/mol. The van der Waals surface area contributed by atoms with Gasteiger partial charge in [-0.15, -0.1) is 0 Å². The van der Waals surface area contributed by atoms with Gasteiger partial charge in [0.05, 0.1) is 19.8 Å². The summed E-state index contributed by atoms with van der Waals surface area (Å²) in [5.74, 6) is -0.398. The Hall–Kier alpha value is -1.94. The van der Waals surface area contributed by atoms with Crippen LogP contribution in [0.5, 0.6) is 0 Å². The molecule has 1 fully saturated rings. The number of allylic oxidation sites excluding steroid dienone is 8. The number of esters is 1. The fraction of sp³-hybridized carbons (Fsp3) is 0.830. The first-order valence-electron chi connectivity index (χ1n) is 26.4. The Balaban J connectivity index is 2.32. The van der Waals surface area contributed by atoms with E-state index in [0.29, 0.717) is 13.0 Å². The number of hydrogen-bond acceptors (Lipinski definition) is 11. The maximum Gasteiger partial charge on any atom is 0.397 e. The number of carbonyl (C=O) groups is 1. The van der Waals surface area contributed by atoms with Crippen molar-refractivity contribution in [2.75, 3.05) is 26.4 Å². The highest BCUT2D eigenvalue weighted by Crippen LogP contribution is 2.26. The standard InChI is InChI=1S/C53H96O12S/c1-3-5-7-9-11-13-15-17-19-20-21-22-23-24-25-26-27-29-31-33-35-37-39-41-43-61-45-47(46-62-53-51(57)52(65-66(58,59)60)50(56)48(44-54)64-53)63-49(55)42-40-38-36-34-32-30-28-18-16-14-12-10-8-6-4-2/h5,7,11,13,17,19,21-22,47-48,50-54,56-57H,3-4,6,8-10,12,14-16,18,20,23-46H2,1-2H3,(H,58,59,60)/b7-5-,13-11-,19-17-,22-21-. The van der Waals surface area contributed by atoms with E-state index in [4.69, 9.17) is 18.9 Å². The normalized spacial score (nSPS) is 19.9. The summed E-state index contributed by atoms with van der Waals surface area (Å²) in [6.45, 7) is 3.90. The molecular formula is C53H96O12S. The van der Waals surface area contributed by atoms with Crippen molar-refractivity contribution in [2.24, 2.45) is 0 Å². The van der Waals surface area contributed by atoms with Crippen LogP contribution in [0.2, 0.25) is 0 Å². The summed E-state index contributed by atoms with van der Waals surface area (Å²) < 4.78 is 59.3. The number of rotatable bonds is 46. The molecule has 0 aromatic heterocycles. The van der Waals surface area contributed by atoms with Crippen LogP contribution < -0.4 is 0 Å². The van der Waals surface area contributed by atoms with Crippen molar-refractivity contribution in [1.82, 2.24) is 0 Å². The van der Waals surface area contributed by atoms with Gasteiger partial charge in [-0.1, -0.05) is 210 Å². The maximum atomic E-state index is 12.9. The molecule has 1 aliphatic rings. The smallest absolute Gasteiger partial charge is 0.397 e. The molecule has 386 valence electrons. The van der Waals surface area contributed by atoms with Gasteiger partial charge < -0.3 is 34.3 Å². The quantitative estimate of drug-likeness (QED) is 0.0197. The maximum absolute atomic E-state index is 12.9. The molecule has 0 aromatic rings. The highest BCUT2D eigenvalue weighted by atomic mass is 32.3. The number of aliphatic hydroxyl groups excluding tert-OH is 3. The van der Waals surface area contributed by atoms with Crippen LogP contribution in [-0.4, -0.2) is 97.5 Å². The summed E-state index contributed by atoms with van der Waals surface area (Å²) in [4.78, 5) is 12.9. The number of ether oxygens (including phenoxy) is 4. The van der Waals surface area contributed by atoms with E-state index in [2.05, 4.69) is 66.6 Å². The van der Waals surface area contributed by atoms with E-state index in [0.717, 1.165) is 70.6 Å². The number of carbonyl (C=O) groups excluding carboxylic acids is 1. The van der Waals surface area contributed by atoms with Gasteiger partial charge in [0.2, 0.25) is 0 Å². The molecule has 0 aliphatic carbocycles. The van der Waals surface area contributed by atoms with Gasteiger partial charge in [0.15, 0.2) is 6.29 Å². The van der Waals surface area contributed by atoms with E-state index in [1.807, 2.05) is 0 Å². The molecule has 1 rings (SSSR count). The third-order valence-electron chi connectivity index (χ3n) is 12.0. The van der Waals surface area contributed by atoms with Gasteiger partial charge in [-0.2, -0.15) is 8.42 Å². The third-order valence-corrected chi connectivity index (χ3v) is 12.4. The SMILES string of the molecule is CC/C=C\C/C=C\C/C=C\C/C=C\CCCCCCCCCCCCCOCC(COC1OC(CO)C(O)C(OS(=O)(=O)O)C1O)OC(=O)CCCCCCCCCCCCCCCCC. The van der Waals surface area contributed by atoms with Gasteiger partial charge in [0.25, 0.3) is 0 Å². The number of hydrogen-bond donors (Lipinski definition) is 4. The second-order valence-electron chi connectivity index (χ2n) is 18.1. The zero-order valence-electron chi connectivity index (χ0n) is 41.5. The lowest BCUT2D eigenvalue weighted by molar-refractivity contribution is -0.301. The van der Waals surface area contributed by atoms with Gasteiger partial charge >= 0.3 is 16.4 Å². The number of unbranched alkanes of at least 4 members (excludes halogenated alkanes) is 25. The second kappa shape index (κ2) is 44.3. The van der Waals surface area contributed by atoms with E-state index in [9.17, 15) is 33.1 Å². The summed E-state index contributed by atoms with van der Waals surface area (Å²) in [6.07, 6.45) is 45.7. The predicted octanol–water partition coefficient (Wildman–Crippen LogP) is 12.3. The lowest BCUT2D eigenvalue weighted by atomic mass is 9.99. The Labute approximate surface area is 402 Å². The fourth-order valence-electron chi connectivity index (χ4n) is 8.02. The van der Waals surface area contributed by atoms with Gasteiger partial charge in [-0.05, 0) is 51.4 Å². The van der Waals surface area contributed by atoms with Crippen molar-refractivity contribution in [3.8, 4) is 0 Å². The molecule has 13 heteroatoms. The Morgan fingerprint density at radius 1 is 0.591 bits per heavy atom. The van der Waals surface area contributed by atoms with Crippen LogP contribution >= 0.6 is 0 Å². The van der Waals surface area contributed by atoms with E-state index in [1.165, 1.54) is 122 Å². The van der Waals surface area contributed by atoms with Crippen LogP contribution in [0, 0.1) is 0 Å². The molecule has 0 amide bonds. The summed E-state index contributed by atoms with van der Waals surface area (Å²) in [5, 5.41) is 30.8. The molecule has 0 spiro atoms. The zero-order chi connectivity index (χ0) is 48.2. The van der Waals surface area contributed by atoms with Gasteiger partial charge in [-0.3, -0.25) is 9.35 Å². The summed E-state index contributed by atoms with van der Waals surface area (Å²) in [6, 6.07) is 0. The second-order valence-corrected chi connectivity index (χ2v) is 19.1. The van der Waals surface area contributed by atoms with Crippen LogP contribution in [0.3, 0.4) is 0 Å². The van der Waals surface area contributed by atoms with E-state index in [-0.39, 0.29) is 19.6 Å². The molecule has 66 heavy (non-hydrogen) atoms. The fourth-order valence-corrected chi connectivity index (χ4v) is 8.53. The zero-order valence-corrected chi connectivity index (χ0v) is 42.3. The molecule has 0 saturated carbocycles. The Morgan fingerprint density at radius 3 is 1.53 bits per heavy atom. The minimum Gasteiger partial charge on any atom is -0.457 e. The molecule has 0 aromatic carbocycles. The molecule has 6 unspecified atom stereocenters. The van der Waals surface area contributed by atoms with E-state index < -0.39 is 59.8 Å². The molecule has 12 nitrogen and oxygen atoms in total. The molecule has 1 saturated heterocycles. The lowest BCUT2D eigenvalue weighted by Gasteiger charge is -2.41. The first kappa shape index (κ1) is 62.1. The summed E-state index contributed by atoms with van der Waals surface area (Å²) in [5.41, 5.74) is 0. The largest absolute Gasteiger partial charge is 0.457 e. The van der Waals surface area contributed by atoms with Crippen molar-refractivity contribution in [2.45, 2.75) is 256 Å². The van der Waals surface area contributed by atoms with Crippen LogP contribution in [0.15, 0.2) is 48.6 Å². The Bertz CT molecular complexity index is 1340. The van der Waals surface area contributed by atoms with Crippen molar-refractivity contribution < 1.29 is 56.2 Å². The molecule has 0 bridgehead atoms. The van der Waals surface area contributed by atoms with Crippen molar-refractivity contribution in [3.63, 3.8) is 0 Å². The van der Waals surface area contributed by atoms with Crippen LogP contribution in [0.4, 0.5) is 0 Å². The summed E-state index contributed by atoms with van der Waals surface area (Å²) >= 11 is 0. The predicted molar refractivity (Wildman–Crippen MR) is 266 cm³/mol. The number of aliphatic hydroxyl groups is 3. The highest BCUT2D eigenvalue weighted by Gasteiger charge is 2.48. The van der Waals surface area contributed by atoms with Crippen LogP contribution in [0.25, 0.3) is 0 Å². The molecular weight excluding hydrogens is 861 g/mol. The van der Waals surface area contributed by atoms with Gasteiger partial charge in [0.1, 0.15) is 30.5 Å². The third kappa shape index (κ3) is 37.0. The van der Waals surface area contributed by atoms with Crippen LogP contribution in [-0.2, 0) is 38.3 Å². The lowest BCUT2D eigenvalue weighted by Crippen LogP contribution is -2.60. The first-order valence-corrected chi connectivity index (χ1v) is 27.8. The minimum atomic E-state index is -5.06. The molecule has 4 N–H and O–H groups in total. The molecule has 1 heterocycles. The summed E-state index contributed by atoms with van der Waals surface area (Å²) in [7, 11) is -5.06. The van der Waals surface area contributed by atoms with Crippen LogP contribution in [0.1, 0.15) is 219 Å². The Kier molecular flexibility index (Phi) is 41.6. The Morgan fingerprint density at radius 2 is 1.05 bits per heavy atom. The minimum absolute atomic E-state index is 0.0356. The first-order chi connectivity index (χ1) is 32.1. The average molecular weight is 957 g/mol. The molecule has 6 atom stereocenters. The van der Waals surface area contributed by atoms with Crippen molar-refractivity contribution in [3.05, 3.63) is 48.6 Å². The highest BCUT2D eigenvalue weighted by molar-refractivity contribution is 7.80. The van der Waals surface area contributed by atoms with Crippen molar-refractivity contribution >= 4 is 16.4 Å². The average Bonchev–Trinajstić information content (AvgIpc) is 3.29. The van der Waals surface area contributed by atoms with Gasteiger partial charge in [-0.25, -0.2) is 4.18 Å².